The minimum Gasteiger partial charge on any atom is -0.493 e. The maximum atomic E-state index is 13.1. The van der Waals surface area contributed by atoms with Crippen molar-refractivity contribution in [2.45, 2.75) is 45.1 Å². The number of nitrogens with zero attached hydrogens (tertiary/aromatic N) is 3. The summed E-state index contributed by atoms with van der Waals surface area (Å²) in [7, 11) is 5.00. The van der Waals surface area contributed by atoms with Gasteiger partial charge in [0.2, 0.25) is 0 Å². The zero-order valence-corrected chi connectivity index (χ0v) is 22.2. The highest BCUT2D eigenvalue weighted by Gasteiger charge is 2.21. The number of carbonyl (C=O) groups is 1. The van der Waals surface area contributed by atoms with Gasteiger partial charge in [-0.05, 0) is 43.5 Å². The van der Waals surface area contributed by atoms with Crippen molar-refractivity contribution in [3.05, 3.63) is 59.9 Å². The van der Waals surface area contributed by atoms with Gasteiger partial charge in [0.05, 0.1) is 19.7 Å². The van der Waals surface area contributed by atoms with Gasteiger partial charge in [-0.15, -0.1) is 0 Å². The van der Waals surface area contributed by atoms with Crippen LogP contribution in [0.3, 0.4) is 0 Å². The molecular weight excluding hydrogens is 482 g/mol. The van der Waals surface area contributed by atoms with Crippen molar-refractivity contribution in [3.63, 3.8) is 0 Å². The fourth-order valence-electron chi connectivity index (χ4n) is 4.85. The predicted molar refractivity (Wildman–Crippen MR) is 147 cm³/mol. The van der Waals surface area contributed by atoms with Crippen molar-refractivity contribution in [1.29, 1.82) is 0 Å². The van der Waals surface area contributed by atoms with Crippen LogP contribution in [0.25, 0.3) is 10.9 Å². The topological polar surface area (TPSA) is 99.5 Å². The Kier molecular flexibility index (Phi) is 7.35. The Balaban J connectivity index is 1.40. The van der Waals surface area contributed by atoms with Crippen LogP contribution in [0.2, 0.25) is 0 Å². The number of anilines is 2. The van der Waals surface area contributed by atoms with Gasteiger partial charge in [-0.3, -0.25) is 14.5 Å². The molecule has 9 nitrogen and oxygen atoms in total. The molecule has 2 aromatic carbocycles. The molecule has 1 aliphatic carbocycles. The zero-order valence-electron chi connectivity index (χ0n) is 22.2. The molecule has 1 amide bonds. The number of rotatable bonds is 8. The molecule has 1 aliphatic rings. The molecule has 0 radical (unpaired) electrons. The second-order valence-corrected chi connectivity index (χ2v) is 9.61. The molecule has 0 saturated heterocycles. The summed E-state index contributed by atoms with van der Waals surface area (Å²) in [5.74, 6) is 2.86. The molecule has 0 aliphatic heterocycles. The number of amides is 1. The van der Waals surface area contributed by atoms with E-state index in [0.29, 0.717) is 34.4 Å². The second kappa shape index (κ2) is 11.0. The van der Waals surface area contributed by atoms with Gasteiger partial charge in [0.25, 0.3) is 5.91 Å². The van der Waals surface area contributed by atoms with E-state index >= 15 is 0 Å². The molecule has 0 spiro atoms. The Hall–Kier alpha value is -4.27. The highest BCUT2D eigenvalue weighted by Crippen LogP contribution is 2.37. The molecule has 4 aromatic rings. The van der Waals surface area contributed by atoms with E-state index in [-0.39, 0.29) is 11.9 Å². The van der Waals surface area contributed by atoms with E-state index in [9.17, 15) is 4.79 Å². The van der Waals surface area contributed by atoms with Crippen LogP contribution >= 0.6 is 0 Å². The number of nitrogens with one attached hydrogen (secondary N) is 2. The van der Waals surface area contributed by atoms with Crippen LogP contribution < -0.4 is 24.8 Å². The Morgan fingerprint density at radius 3 is 2.53 bits per heavy atom. The molecule has 1 saturated carbocycles. The van der Waals surface area contributed by atoms with Crippen LogP contribution in [-0.4, -0.2) is 40.9 Å². The highest BCUT2D eigenvalue weighted by atomic mass is 16.5. The number of benzene rings is 2. The van der Waals surface area contributed by atoms with Crippen molar-refractivity contribution < 1.29 is 19.0 Å². The number of carbonyl (C=O) groups excluding carboxylic acids is 1. The van der Waals surface area contributed by atoms with Crippen molar-refractivity contribution >= 4 is 28.3 Å². The summed E-state index contributed by atoms with van der Waals surface area (Å²) in [4.78, 5) is 17.5. The van der Waals surface area contributed by atoms with Crippen molar-refractivity contribution in [2.24, 2.45) is 7.05 Å². The third kappa shape index (κ3) is 5.37. The van der Waals surface area contributed by atoms with Crippen LogP contribution in [-0.2, 0) is 7.05 Å². The van der Waals surface area contributed by atoms with E-state index in [1.54, 1.807) is 31.3 Å². The van der Waals surface area contributed by atoms with Gasteiger partial charge in [-0.1, -0.05) is 25.3 Å². The van der Waals surface area contributed by atoms with Crippen LogP contribution in [0.4, 0.5) is 11.5 Å². The average molecular weight is 516 g/mol. The summed E-state index contributed by atoms with van der Waals surface area (Å²) in [6.07, 6.45) is 9.04. The largest absolute Gasteiger partial charge is 0.493 e. The third-order valence-corrected chi connectivity index (χ3v) is 6.91. The number of aryl methyl sites for hydroxylation is 2. The van der Waals surface area contributed by atoms with Gasteiger partial charge >= 0.3 is 0 Å². The molecule has 2 heterocycles. The molecule has 0 unspecified atom stereocenters. The van der Waals surface area contributed by atoms with Crippen LogP contribution in [0.15, 0.2) is 48.8 Å². The Morgan fingerprint density at radius 1 is 1.00 bits per heavy atom. The molecule has 9 heteroatoms. The lowest BCUT2D eigenvalue weighted by atomic mass is 9.95. The average Bonchev–Trinajstić information content (AvgIpc) is 3.30. The summed E-state index contributed by atoms with van der Waals surface area (Å²) in [5.41, 5.74) is 3.04. The fraction of sp³-hybridized carbons (Fsp3) is 0.345. The van der Waals surface area contributed by atoms with E-state index in [0.717, 1.165) is 47.8 Å². The fourth-order valence-corrected chi connectivity index (χ4v) is 4.85. The molecule has 2 N–H and O–H groups in total. The number of ether oxygens (including phenoxy) is 3. The first-order valence-electron chi connectivity index (χ1n) is 12.9. The number of hydrogen-bond donors (Lipinski definition) is 2. The molecule has 0 bridgehead atoms. The minimum absolute atomic E-state index is 0.106. The first-order chi connectivity index (χ1) is 18.4. The predicted octanol–water partition coefficient (Wildman–Crippen LogP) is 5.89. The van der Waals surface area contributed by atoms with Crippen LogP contribution in [0.5, 0.6) is 23.0 Å². The SMILES string of the molecule is COc1cc2nccc(Oc3ccc(C)c(Nc4nn(C)cc4C(=O)NC4CCCCC4)c3)c2cc1OC. The Labute approximate surface area is 222 Å². The quantitative estimate of drug-likeness (QED) is 0.302. The zero-order chi connectivity index (χ0) is 26.6. The van der Waals surface area contributed by atoms with E-state index in [1.807, 2.05) is 50.4 Å². The van der Waals surface area contributed by atoms with Crippen molar-refractivity contribution in [2.75, 3.05) is 19.5 Å². The molecular formula is C29H33N5O4. The Bertz CT molecular complexity index is 1460. The van der Waals surface area contributed by atoms with Crippen LogP contribution in [0, 0.1) is 6.92 Å². The first-order valence-corrected chi connectivity index (χ1v) is 12.9. The normalized spacial score (nSPS) is 13.8. The number of methoxy groups -OCH3 is 2. The molecule has 1 fully saturated rings. The summed E-state index contributed by atoms with van der Waals surface area (Å²) >= 11 is 0. The lowest BCUT2D eigenvalue weighted by molar-refractivity contribution is 0.0928. The number of aromatic nitrogens is 3. The summed E-state index contributed by atoms with van der Waals surface area (Å²) in [5, 5.41) is 11.9. The van der Waals surface area contributed by atoms with Crippen molar-refractivity contribution in [1.82, 2.24) is 20.1 Å². The van der Waals surface area contributed by atoms with Gasteiger partial charge in [0.1, 0.15) is 17.1 Å². The summed E-state index contributed by atoms with van der Waals surface area (Å²) in [6, 6.07) is 11.5. The van der Waals surface area contributed by atoms with E-state index < -0.39 is 0 Å². The maximum absolute atomic E-state index is 13.1. The monoisotopic (exact) mass is 515 g/mol. The molecule has 5 rings (SSSR count). The number of fused-ring (bicyclic) bond motifs is 1. The smallest absolute Gasteiger partial charge is 0.256 e. The standard InChI is InChI=1S/C29H33N5O4/c1-18-10-11-20(38-25-12-13-30-24-16-27(37-4)26(36-3)15-21(24)25)14-23(18)32-28-22(17-34(2)33-28)29(35)31-19-8-6-5-7-9-19/h10-17,19H,5-9H2,1-4H3,(H,31,35)(H,32,33). The Morgan fingerprint density at radius 2 is 1.76 bits per heavy atom. The number of hydrogen-bond acceptors (Lipinski definition) is 7. The number of pyridine rings is 1. The lowest BCUT2D eigenvalue weighted by Gasteiger charge is -2.22. The molecule has 198 valence electrons. The van der Waals surface area contributed by atoms with Gasteiger partial charge in [0.15, 0.2) is 17.3 Å². The maximum Gasteiger partial charge on any atom is 0.256 e. The van der Waals surface area contributed by atoms with Crippen molar-refractivity contribution in [3.8, 4) is 23.0 Å². The second-order valence-electron chi connectivity index (χ2n) is 9.61. The molecule has 38 heavy (non-hydrogen) atoms. The van der Waals surface area contributed by atoms with E-state index in [2.05, 4.69) is 20.7 Å². The van der Waals surface area contributed by atoms with Gasteiger partial charge < -0.3 is 24.8 Å². The molecule has 2 aromatic heterocycles. The van der Waals surface area contributed by atoms with E-state index in [1.165, 1.54) is 6.42 Å². The van der Waals surface area contributed by atoms with Gasteiger partial charge in [0, 0.05) is 48.7 Å². The van der Waals surface area contributed by atoms with E-state index in [4.69, 9.17) is 14.2 Å². The third-order valence-electron chi connectivity index (χ3n) is 6.91. The lowest BCUT2D eigenvalue weighted by Crippen LogP contribution is -2.36. The summed E-state index contributed by atoms with van der Waals surface area (Å²) in [6.45, 7) is 2.00. The van der Waals surface area contributed by atoms with Crippen LogP contribution in [0.1, 0.15) is 48.0 Å². The highest BCUT2D eigenvalue weighted by molar-refractivity contribution is 5.99. The first kappa shape index (κ1) is 25.4. The minimum atomic E-state index is -0.106. The van der Waals surface area contributed by atoms with Gasteiger partial charge in [-0.25, -0.2) is 0 Å². The summed E-state index contributed by atoms with van der Waals surface area (Å²) < 4.78 is 18.8. The molecule has 0 atom stereocenters. The van der Waals surface area contributed by atoms with Gasteiger partial charge in [-0.2, -0.15) is 5.10 Å².